The van der Waals surface area contributed by atoms with E-state index in [0.29, 0.717) is 6.42 Å². The zero-order valence-corrected chi connectivity index (χ0v) is 10.2. The Hall–Kier alpha value is -1.84. The number of amides is 1. The maximum Gasteiger partial charge on any atom is 0.266 e. The molecule has 2 heterocycles. The first-order valence-electron chi connectivity index (χ1n) is 6.41. The highest BCUT2D eigenvalue weighted by Crippen LogP contribution is 2.20. The lowest BCUT2D eigenvalue weighted by Crippen LogP contribution is -2.37. The molecule has 1 aromatic carbocycles. The first-order chi connectivity index (χ1) is 8.84. The van der Waals surface area contributed by atoms with Crippen LogP contribution in [0, 0.1) is 0 Å². The number of nitrogens with zero attached hydrogens (tertiary/aromatic N) is 2. The van der Waals surface area contributed by atoms with Crippen LogP contribution in [-0.2, 0) is 9.63 Å². The van der Waals surface area contributed by atoms with Crippen LogP contribution in [0.5, 0.6) is 0 Å². The molecule has 0 aliphatic carbocycles. The van der Waals surface area contributed by atoms with E-state index in [1.165, 1.54) is 0 Å². The maximum atomic E-state index is 12.2. The van der Waals surface area contributed by atoms with Gasteiger partial charge >= 0.3 is 0 Å². The second kappa shape index (κ2) is 4.80. The Balaban J connectivity index is 1.65. The molecule has 4 heteroatoms. The van der Waals surface area contributed by atoms with E-state index in [1.54, 1.807) is 0 Å². The number of carbonyl (C=O) groups excluding carboxylic acids is 1. The van der Waals surface area contributed by atoms with Crippen LogP contribution >= 0.6 is 0 Å². The molecule has 0 bridgehead atoms. The van der Waals surface area contributed by atoms with E-state index in [1.807, 2.05) is 35.2 Å². The van der Waals surface area contributed by atoms with Gasteiger partial charge in [-0.2, -0.15) is 0 Å². The van der Waals surface area contributed by atoms with E-state index in [4.69, 9.17) is 4.84 Å². The summed E-state index contributed by atoms with van der Waals surface area (Å²) in [6.07, 6.45) is 2.37. The molecule has 1 aromatic rings. The average molecular weight is 244 g/mol. The highest BCUT2D eigenvalue weighted by Gasteiger charge is 2.33. The molecule has 2 aliphatic heterocycles. The number of likely N-dealkylation sites (tertiary alicyclic amines) is 1. The summed E-state index contributed by atoms with van der Waals surface area (Å²) < 4.78 is 0. The van der Waals surface area contributed by atoms with Gasteiger partial charge in [0, 0.05) is 19.5 Å². The maximum absolute atomic E-state index is 12.2. The van der Waals surface area contributed by atoms with Gasteiger partial charge in [-0.3, -0.25) is 4.79 Å². The number of benzene rings is 1. The molecule has 2 aliphatic rings. The lowest BCUT2D eigenvalue weighted by Gasteiger charge is -2.18. The Bertz CT molecular complexity index is 464. The molecular formula is C14H16N2O2. The summed E-state index contributed by atoms with van der Waals surface area (Å²) in [6.45, 7) is 1.72. The van der Waals surface area contributed by atoms with Crippen LogP contribution in [0.25, 0.3) is 0 Å². The van der Waals surface area contributed by atoms with Gasteiger partial charge in [0.15, 0.2) is 0 Å². The first kappa shape index (κ1) is 11.3. The summed E-state index contributed by atoms with van der Waals surface area (Å²) in [5, 5.41) is 4.05. The zero-order chi connectivity index (χ0) is 12.4. The van der Waals surface area contributed by atoms with Crippen molar-refractivity contribution in [3.8, 4) is 0 Å². The summed E-state index contributed by atoms with van der Waals surface area (Å²) >= 11 is 0. The van der Waals surface area contributed by atoms with Crippen molar-refractivity contribution >= 4 is 11.6 Å². The van der Waals surface area contributed by atoms with Gasteiger partial charge in [0.2, 0.25) is 6.10 Å². The number of hydrogen-bond acceptors (Lipinski definition) is 3. The van der Waals surface area contributed by atoms with E-state index >= 15 is 0 Å². The van der Waals surface area contributed by atoms with Gasteiger partial charge in [-0.05, 0) is 18.4 Å². The number of carbonyl (C=O) groups is 1. The van der Waals surface area contributed by atoms with Crippen LogP contribution in [0.2, 0.25) is 0 Å². The molecule has 1 saturated heterocycles. The standard InChI is InChI=1S/C14H16N2O2/c17-14(16-8-4-5-9-16)13-10-12(15-18-13)11-6-2-1-3-7-11/h1-3,6-7,13H,4-5,8-10H2. The van der Waals surface area contributed by atoms with E-state index < -0.39 is 6.10 Å². The predicted molar refractivity (Wildman–Crippen MR) is 68.3 cm³/mol. The molecule has 18 heavy (non-hydrogen) atoms. The fourth-order valence-electron chi connectivity index (χ4n) is 2.45. The molecule has 1 amide bonds. The fraction of sp³-hybridized carbons (Fsp3) is 0.429. The van der Waals surface area contributed by atoms with Crippen molar-refractivity contribution in [2.24, 2.45) is 5.16 Å². The lowest BCUT2D eigenvalue weighted by atomic mass is 10.0. The third-order valence-electron chi connectivity index (χ3n) is 3.47. The van der Waals surface area contributed by atoms with Crippen LogP contribution in [0.3, 0.4) is 0 Å². The summed E-state index contributed by atoms with van der Waals surface area (Å²) in [4.78, 5) is 19.3. The van der Waals surface area contributed by atoms with E-state index in [0.717, 1.165) is 37.2 Å². The number of oxime groups is 1. The van der Waals surface area contributed by atoms with Gasteiger partial charge in [0.05, 0.1) is 5.71 Å². The largest absolute Gasteiger partial charge is 0.382 e. The Labute approximate surface area is 106 Å². The number of hydrogen-bond donors (Lipinski definition) is 0. The van der Waals surface area contributed by atoms with Crippen LogP contribution in [-0.4, -0.2) is 35.7 Å². The van der Waals surface area contributed by atoms with Crippen molar-refractivity contribution in [3.63, 3.8) is 0 Å². The Morgan fingerprint density at radius 1 is 1.22 bits per heavy atom. The Kier molecular flexibility index (Phi) is 3.00. The van der Waals surface area contributed by atoms with Crippen molar-refractivity contribution in [2.45, 2.75) is 25.4 Å². The normalized spacial score (nSPS) is 22.8. The highest BCUT2D eigenvalue weighted by atomic mass is 16.6. The predicted octanol–water partition coefficient (Wildman–Crippen LogP) is 1.80. The van der Waals surface area contributed by atoms with Gasteiger partial charge in [0.1, 0.15) is 0 Å². The minimum absolute atomic E-state index is 0.0854. The Morgan fingerprint density at radius 3 is 2.67 bits per heavy atom. The topological polar surface area (TPSA) is 41.9 Å². The molecular weight excluding hydrogens is 228 g/mol. The zero-order valence-electron chi connectivity index (χ0n) is 10.2. The third-order valence-corrected chi connectivity index (χ3v) is 3.47. The van der Waals surface area contributed by atoms with Gasteiger partial charge in [0.25, 0.3) is 5.91 Å². The van der Waals surface area contributed by atoms with E-state index in [2.05, 4.69) is 5.16 Å². The molecule has 0 spiro atoms. The van der Waals surface area contributed by atoms with Crippen LogP contribution in [0.1, 0.15) is 24.8 Å². The minimum atomic E-state index is -0.418. The molecule has 3 rings (SSSR count). The van der Waals surface area contributed by atoms with Crippen LogP contribution in [0.15, 0.2) is 35.5 Å². The van der Waals surface area contributed by atoms with E-state index in [-0.39, 0.29) is 5.91 Å². The molecule has 94 valence electrons. The molecule has 0 radical (unpaired) electrons. The second-order valence-corrected chi connectivity index (χ2v) is 4.73. The highest BCUT2D eigenvalue weighted by molar-refractivity contribution is 6.04. The molecule has 0 saturated carbocycles. The third kappa shape index (κ3) is 2.10. The van der Waals surface area contributed by atoms with Crippen molar-refractivity contribution < 1.29 is 9.63 Å². The fourth-order valence-corrected chi connectivity index (χ4v) is 2.45. The second-order valence-electron chi connectivity index (χ2n) is 4.73. The SMILES string of the molecule is O=C(C1CC(c2ccccc2)=NO1)N1CCCC1. The van der Waals surface area contributed by atoms with Crippen LogP contribution < -0.4 is 0 Å². The monoisotopic (exact) mass is 244 g/mol. The quantitative estimate of drug-likeness (QED) is 0.796. The van der Waals surface area contributed by atoms with Gasteiger partial charge in [-0.25, -0.2) is 0 Å². The van der Waals surface area contributed by atoms with E-state index in [9.17, 15) is 4.79 Å². The average Bonchev–Trinajstić information content (AvgIpc) is 3.10. The Morgan fingerprint density at radius 2 is 1.94 bits per heavy atom. The molecule has 1 atom stereocenters. The first-order valence-corrected chi connectivity index (χ1v) is 6.41. The summed E-state index contributed by atoms with van der Waals surface area (Å²) in [5.74, 6) is 0.0854. The smallest absolute Gasteiger partial charge is 0.266 e. The van der Waals surface area contributed by atoms with Gasteiger partial charge in [-0.15, -0.1) is 0 Å². The molecule has 0 N–H and O–H groups in total. The van der Waals surface area contributed by atoms with Crippen LogP contribution in [0.4, 0.5) is 0 Å². The van der Waals surface area contributed by atoms with Crippen molar-refractivity contribution in [1.82, 2.24) is 4.90 Å². The summed E-state index contributed by atoms with van der Waals surface area (Å²) in [6, 6.07) is 9.88. The summed E-state index contributed by atoms with van der Waals surface area (Å²) in [5.41, 5.74) is 1.90. The van der Waals surface area contributed by atoms with Crippen molar-refractivity contribution in [2.75, 3.05) is 13.1 Å². The summed E-state index contributed by atoms with van der Waals surface area (Å²) in [7, 11) is 0. The molecule has 1 fully saturated rings. The lowest BCUT2D eigenvalue weighted by molar-refractivity contribution is -0.140. The van der Waals surface area contributed by atoms with Gasteiger partial charge in [-0.1, -0.05) is 35.5 Å². The molecule has 0 aromatic heterocycles. The minimum Gasteiger partial charge on any atom is -0.382 e. The molecule has 4 nitrogen and oxygen atoms in total. The van der Waals surface area contributed by atoms with Crippen molar-refractivity contribution in [3.05, 3.63) is 35.9 Å². The molecule has 1 unspecified atom stereocenters. The number of rotatable bonds is 2. The van der Waals surface area contributed by atoms with Crippen molar-refractivity contribution in [1.29, 1.82) is 0 Å². The van der Waals surface area contributed by atoms with Gasteiger partial charge < -0.3 is 9.74 Å².